The van der Waals surface area contributed by atoms with Gasteiger partial charge in [-0.05, 0) is 230 Å². The Balaban J connectivity index is 1.61. The van der Waals surface area contributed by atoms with E-state index in [4.69, 9.17) is 0 Å². The summed E-state index contributed by atoms with van der Waals surface area (Å²) in [6, 6.07) is 16.6. The third kappa shape index (κ3) is 9.23. The monoisotopic (exact) mass is 1240 g/mol. The molecular formula is C27H12F6I6O2. The molecule has 0 aliphatic rings. The van der Waals surface area contributed by atoms with Crippen molar-refractivity contribution in [2.45, 2.75) is 19.1 Å². The van der Waals surface area contributed by atoms with Gasteiger partial charge in [0.15, 0.2) is 0 Å². The van der Waals surface area contributed by atoms with Crippen molar-refractivity contribution >= 4 is 136 Å². The summed E-state index contributed by atoms with van der Waals surface area (Å²) in [4.78, 5) is 0. The summed E-state index contributed by atoms with van der Waals surface area (Å²) in [5.74, 6) is -0.529. The summed E-state index contributed by atoms with van der Waals surface area (Å²) in [6.45, 7) is 0. The first-order valence-corrected chi connectivity index (χ1v) is 17.5. The SMILES string of the molecule is FC(F)(F)Oc1ccc(-c2cc(I)c(Cc3c(I)cc(-c4ccc(OC(F)(F)F)cc4I)cc3I)c(I)c2)c(I)c1. The van der Waals surface area contributed by atoms with E-state index >= 15 is 0 Å². The van der Waals surface area contributed by atoms with Gasteiger partial charge in [0.1, 0.15) is 11.5 Å². The van der Waals surface area contributed by atoms with E-state index in [1.807, 2.05) is 69.4 Å². The van der Waals surface area contributed by atoms with Gasteiger partial charge in [0.2, 0.25) is 0 Å². The quantitative estimate of drug-likeness (QED) is 0.141. The molecule has 0 heterocycles. The van der Waals surface area contributed by atoms with Gasteiger partial charge in [-0.25, -0.2) is 0 Å². The zero-order chi connectivity index (χ0) is 30.3. The van der Waals surface area contributed by atoms with E-state index in [1.165, 1.54) is 24.3 Å². The van der Waals surface area contributed by atoms with Gasteiger partial charge in [0, 0.05) is 27.8 Å². The summed E-state index contributed by atoms with van der Waals surface area (Å²) in [5, 5.41) is 0. The Bertz CT molecular complexity index is 1460. The molecule has 0 atom stereocenters. The van der Waals surface area contributed by atoms with Gasteiger partial charge in [-0.15, -0.1) is 26.3 Å². The van der Waals surface area contributed by atoms with Gasteiger partial charge < -0.3 is 9.47 Å². The van der Waals surface area contributed by atoms with E-state index in [0.29, 0.717) is 13.6 Å². The van der Waals surface area contributed by atoms with Crippen LogP contribution in [0.3, 0.4) is 0 Å². The lowest BCUT2D eigenvalue weighted by Gasteiger charge is -2.16. The van der Waals surface area contributed by atoms with E-state index < -0.39 is 12.7 Å². The number of hydrogen-bond acceptors (Lipinski definition) is 2. The Morgan fingerprint density at radius 2 is 0.780 bits per heavy atom. The van der Waals surface area contributed by atoms with Gasteiger partial charge in [0.25, 0.3) is 0 Å². The van der Waals surface area contributed by atoms with Crippen LogP contribution in [0.5, 0.6) is 11.5 Å². The minimum atomic E-state index is -4.75. The molecule has 0 aliphatic carbocycles. The van der Waals surface area contributed by atoms with Crippen molar-refractivity contribution in [1.82, 2.24) is 0 Å². The van der Waals surface area contributed by atoms with Crippen molar-refractivity contribution in [2.24, 2.45) is 0 Å². The standard InChI is InChI=1S/C27H12F6I6O2/c28-26(29,30)40-14-1-3-16(24(38)9-14)12-5-20(34)18(21(35)6-12)11-19-22(36)7-13(8-23(19)37)17-4-2-15(10-25(17)39)41-27(31,32)33/h1-10H,11H2. The van der Waals surface area contributed by atoms with Crippen LogP contribution >= 0.6 is 136 Å². The van der Waals surface area contributed by atoms with Crippen LogP contribution in [-0.2, 0) is 6.42 Å². The highest BCUT2D eigenvalue weighted by atomic mass is 127. The average molecular weight is 1240 g/mol. The van der Waals surface area contributed by atoms with E-state index in [9.17, 15) is 26.3 Å². The van der Waals surface area contributed by atoms with Crippen molar-refractivity contribution < 1.29 is 35.8 Å². The van der Waals surface area contributed by atoms with Crippen LogP contribution in [0.4, 0.5) is 26.3 Å². The first-order valence-electron chi connectivity index (χ1n) is 11.1. The maximum absolute atomic E-state index is 12.6. The molecule has 0 bridgehead atoms. The predicted molar refractivity (Wildman–Crippen MR) is 196 cm³/mol. The average Bonchev–Trinajstić information content (AvgIpc) is 2.80. The first-order chi connectivity index (χ1) is 19.0. The van der Waals surface area contributed by atoms with E-state index in [0.717, 1.165) is 47.7 Å². The van der Waals surface area contributed by atoms with Crippen LogP contribution in [0.2, 0.25) is 0 Å². The third-order valence-electron chi connectivity index (χ3n) is 5.61. The minimum absolute atomic E-state index is 0.264. The Morgan fingerprint density at radius 3 is 1.05 bits per heavy atom. The normalized spacial score (nSPS) is 12.0. The Kier molecular flexibility index (Phi) is 11.6. The smallest absolute Gasteiger partial charge is 0.406 e. The largest absolute Gasteiger partial charge is 0.573 e. The number of alkyl halides is 6. The molecule has 0 amide bonds. The maximum atomic E-state index is 12.6. The lowest BCUT2D eigenvalue weighted by molar-refractivity contribution is -0.275. The Morgan fingerprint density at radius 1 is 0.463 bits per heavy atom. The van der Waals surface area contributed by atoms with Crippen LogP contribution in [0.1, 0.15) is 11.1 Å². The second kappa shape index (κ2) is 13.8. The molecule has 0 spiro atoms. The predicted octanol–water partition coefficient (Wildman–Crippen LogP) is 12.0. The number of ether oxygens (including phenoxy) is 2. The van der Waals surface area contributed by atoms with E-state index in [-0.39, 0.29) is 11.5 Å². The van der Waals surface area contributed by atoms with Crippen LogP contribution in [0, 0.1) is 21.4 Å². The molecule has 4 aromatic rings. The molecular weight excluding hydrogens is 1230 g/mol. The molecule has 14 heteroatoms. The molecule has 0 radical (unpaired) electrons. The lowest BCUT2D eigenvalue weighted by atomic mass is 9.98. The second-order valence-corrected chi connectivity index (χ2v) is 15.4. The van der Waals surface area contributed by atoms with Crippen LogP contribution in [-0.4, -0.2) is 12.7 Å². The molecule has 2 nitrogen and oxygen atoms in total. The van der Waals surface area contributed by atoms with Gasteiger partial charge in [-0.3, -0.25) is 0 Å². The van der Waals surface area contributed by atoms with Crippen LogP contribution in [0.25, 0.3) is 22.3 Å². The van der Waals surface area contributed by atoms with Gasteiger partial charge in [-0.1, -0.05) is 0 Å². The van der Waals surface area contributed by atoms with E-state index in [2.05, 4.69) is 99.8 Å². The van der Waals surface area contributed by atoms with Crippen molar-refractivity contribution in [1.29, 1.82) is 0 Å². The van der Waals surface area contributed by atoms with Crippen molar-refractivity contribution in [2.75, 3.05) is 0 Å². The lowest BCUT2D eigenvalue weighted by Crippen LogP contribution is -2.17. The third-order valence-corrected chi connectivity index (χ3v) is 11.2. The fraction of sp³-hybridized carbons (Fsp3) is 0.111. The molecule has 0 aliphatic heterocycles. The highest BCUT2D eigenvalue weighted by Gasteiger charge is 2.32. The van der Waals surface area contributed by atoms with Gasteiger partial charge in [0.05, 0.1) is 0 Å². The molecule has 0 unspecified atom stereocenters. The minimum Gasteiger partial charge on any atom is -0.406 e. The molecule has 41 heavy (non-hydrogen) atoms. The summed E-state index contributed by atoms with van der Waals surface area (Å²) in [7, 11) is 0. The number of benzene rings is 4. The molecule has 0 aromatic heterocycles. The topological polar surface area (TPSA) is 18.5 Å². The van der Waals surface area contributed by atoms with Crippen molar-refractivity contribution in [3.63, 3.8) is 0 Å². The number of hydrogen-bond donors (Lipinski definition) is 0. The molecule has 0 saturated heterocycles. The molecule has 0 N–H and O–H groups in total. The Hall–Kier alpha value is 0.440. The molecule has 216 valence electrons. The van der Waals surface area contributed by atoms with Crippen LogP contribution in [0.15, 0.2) is 60.7 Å². The summed E-state index contributed by atoms with van der Waals surface area (Å²) in [6.07, 6.45) is -8.85. The summed E-state index contributed by atoms with van der Waals surface area (Å²) < 4.78 is 89.0. The van der Waals surface area contributed by atoms with Gasteiger partial charge in [-0.2, -0.15) is 0 Å². The second-order valence-electron chi connectivity index (χ2n) is 8.39. The zero-order valence-corrected chi connectivity index (χ0v) is 32.8. The highest BCUT2D eigenvalue weighted by Crippen LogP contribution is 2.38. The fourth-order valence-corrected chi connectivity index (χ4v) is 9.78. The Labute approximate surface area is 312 Å². The van der Waals surface area contributed by atoms with Crippen molar-refractivity contribution in [3.05, 3.63) is 93.2 Å². The van der Waals surface area contributed by atoms with Crippen molar-refractivity contribution in [3.8, 4) is 33.8 Å². The zero-order valence-electron chi connectivity index (χ0n) is 19.8. The number of halogens is 12. The fourth-order valence-electron chi connectivity index (χ4n) is 3.89. The first kappa shape index (κ1) is 34.3. The highest BCUT2D eigenvalue weighted by molar-refractivity contribution is 14.1. The number of rotatable bonds is 6. The molecule has 0 saturated carbocycles. The summed E-state index contributed by atoms with van der Waals surface area (Å²) >= 11 is 13.1. The van der Waals surface area contributed by atoms with E-state index in [1.54, 1.807) is 12.1 Å². The maximum Gasteiger partial charge on any atom is 0.573 e. The van der Waals surface area contributed by atoms with Crippen LogP contribution < -0.4 is 9.47 Å². The van der Waals surface area contributed by atoms with Gasteiger partial charge >= 0.3 is 12.7 Å². The molecule has 4 aromatic carbocycles. The summed E-state index contributed by atoms with van der Waals surface area (Å²) in [5.41, 5.74) is 5.62. The molecule has 0 fully saturated rings. The molecule has 4 rings (SSSR count).